The lowest BCUT2D eigenvalue weighted by molar-refractivity contribution is -0.310. The minimum absolute atomic E-state index is 0.445. The Hall–Kier alpha value is -0.340. The van der Waals surface area contributed by atoms with Crippen molar-refractivity contribution in [3.8, 4) is 0 Å². The van der Waals surface area contributed by atoms with E-state index in [-0.39, 0.29) is 0 Å². The molecule has 2 nitrogen and oxygen atoms in total. The van der Waals surface area contributed by atoms with Crippen LogP contribution in [-0.4, -0.2) is 10.9 Å². The van der Waals surface area contributed by atoms with Gasteiger partial charge in [0, 0.05) is 0 Å². The Bertz CT molecular complexity index is 172. The van der Waals surface area contributed by atoms with Crippen LogP contribution < -0.4 is 0 Å². The van der Waals surface area contributed by atoms with Crippen LogP contribution in [0.5, 0.6) is 0 Å². The third-order valence-corrected chi connectivity index (χ3v) is 3.10. The lowest BCUT2D eigenvalue weighted by atomic mass is 9.94. The van der Waals surface area contributed by atoms with Crippen LogP contribution in [0.1, 0.15) is 72.1 Å². The van der Waals surface area contributed by atoms with E-state index < -0.39 is 5.60 Å². The highest BCUT2D eigenvalue weighted by Crippen LogP contribution is 2.23. The average molecular weight is 228 g/mol. The second-order valence-corrected chi connectivity index (χ2v) is 4.51. The molecule has 0 bridgehead atoms. The molecular weight excluding hydrogens is 200 g/mol. The molecule has 1 unspecified atom stereocenters. The molecule has 96 valence electrons. The normalized spacial score (nSPS) is 15.5. The number of hydrogen-bond acceptors (Lipinski definition) is 2. The summed E-state index contributed by atoms with van der Waals surface area (Å²) in [7, 11) is 0. The van der Waals surface area contributed by atoms with Crippen LogP contribution >= 0.6 is 0 Å². The highest BCUT2D eigenvalue weighted by molar-refractivity contribution is 5.00. The maximum atomic E-state index is 9.00. The zero-order chi connectivity index (χ0) is 12.3. The standard InChI is InChI=1S/C14H28O2/c1-4-7-8-9-10-11-13-14(6-3,16-15)12-5-2/h11,13,15H,4-10,12H2,1-3H3. The highest BCUT2D eigenvalue weighted by Gasteiger charge is 2.24. The van der Waals surface area contributed by atoms with E-state index in [2.05, 4.69) is 24.8 Å². The summed E-state index contributed by atoms with van der Waals surface area (Å²) in [6.07, 6.45) is 13.1. The van der Waals surface area contributed by atoms with Gasteiger partial charge < -0.3 is 0 Å². The summed E-state index contributed by atoms with van der Waals surface area (Å²) in [5.41, 5.74) is -0.445. The van der Waals surface area contributed by atoms with Crippen LogP contribution in [0.2, 0.25) is 0 Å². The van der Waals surface area contributed by atoms with Gasteiger partial charge in [-0.25, -0.2) is 4.89 Å². The Morgan fingerprint density at radius 3 is 2.31 bits per heavy atom. The average Bonchev–Trinajstić information content (AvgIpc) is 2.32. The van der Waals surface area contributed by atoms with E-state index in [0.29, 0.717) is 0 Å². The number of unbranched alkanes of at least 4 members (excludes halogenated alkanes) is 4. The van der Waals surface area contributed by atoms with Crippen LogP contribution in [0.15, 0.2) is 12.2 Å². The van der Waals surface area contributed by atoms with Crippen molar-refractivity contribution >= 4 is 0 Å². The van der Waals surface area contributed by atoms with Crippen molar-refractivity contribution in [2.45, 2.75) is 77.7 Å². The molecule has 0 aliphatic carbocycles. The second-order valence-electron chi connectivity index (χ2n) is 4.51. The first kappa shape index (κ1) is 15.7. The van der Waals surface area contributed by atoms with Crippen LogP contribution in [0.3, 0.4) is 0 Å². The van der Waals surface area contributed by atoms with E-state index in [9.17, 15) is 0 Å². The Morgan fingerprint density at radius 1 is 1.06 bits per heavy atom. The molecule has 0 amide bonds. The number of allylic oxidation sites excluding steroid dienone is 1. The fourth-order valence-corrected chi connectivity index (χ4v) is 1.93. The highest BCUT2D eigenvalue weighted by atomic mass is 17.1. The zero-order valence-corrected chi connectivity index (χ0v) is 11.2. The predicted octanol–water partition coefficient (Wildman–Crippen LogP) is 4.95. The molecule has 0 aliphatic heterocycles. The van der Waals surface area contributed by atoms with Gasteiger partial charge in [-0.3, -0.25) is 5.26 Å². The maximum Gasteiger partial charge on any atom is 0.121 e. The molecule has 0 radical (unpaired) electrons. The molecule has 0 spiro atoms. The SMILES string of the molecule is CCCCCCC=CC(CC)(CCC)OO. The van der Waals surface area contributed by atoms with Gasteiger partial charge in [-0.05, 0) is 25.7 Å². The Labute approximate surface area is 101 Å². The lowest BCUT2D eigenvalue weighted by Crippen LogP contribution is -2.27. The molecule has 0 aromatic carbocycles. The molecule has 0 saturated carbocycles. The van der Waals surface area contributed by atoms with Crippen LogP contribution in [0, 0.1) is 0 Å². The minimum Gasteiger partial charge on any atom is -0.251 e. The fourth-order valence-electron chi connectivity index (χ4n) is 1.93. The zero-order valence-electron chi connectivity index (χ0n) is 11.2. The van der Waals surface area contributed by atoms with E-state index in [1.54, 1.807) is 0 Å². The van der Waals surface area contributed by atoms with E-state index >= 15 is 0 Å². The fraction of sp³-hybridized carbons (Fsp3) is 0.857. The van der Waals surface area contributed by atoms with Gasteiger partial charge in [0.05, 0.1) is 0 Å². The van der Waals surface area contributed by atoms with Gasteiger partial charge in [-0.1, -0.05) is 58.6 Å². The van der Waals surface area contributed by atoms with E-state index in [0.717, 1.165) is 25.7 Å². The largest absolute Gasteiger partial charge is 0.251 e. The minimum atomic E-state index is -0.445. The number of rotatable bonds is 10. The van der Waals surface area contributed by atoms with Crippen molar-refractivity contribution in [1.82, 2.24) is 0 Å². The van der Waals surface area contributed by atoms with Gasteiger partial charge in [0.1, 0.15) is 5.60 Å². The molecular formula is C14H28O2. The van der Waals surface area contributed by atoms with Crippen molar-refractivity contribution in [3.05, 3.63) is 12.2 Å². The van der Waals surface area contributed by atoms with E-state index in [4.69, 9.17) is 5.26 Å². The van der Waals surface area contributed by atoms with Crippen molar-refractivity contribution in [2.24, 2.45) is 0 Å². The summed E-state index contributed by atoms with van der Waals surface area (Å²) < 4.78 is 0. The van der Waals surface area contributed by atoms with Gasteiger partial charge in [-0.15, -0.1) is 0 Å². The Kier molecular flexibility index (Phi) is 9.65. The Morgan fingerprint density at radius 2 is 1.81 bits per heavy atom. The quantitative estimate of drug-likeness (QED) is 0.248. The molecule has 0 heterocycles. The van der Waals surface area contributed by atoms with Crippen molar-refractivity contribution in [1.29, 1.82) is 0 Å². The van der Waals surface area contributed by atoms with Gasteiger partial charge in [-0.2, -0.15) is 0 Å². The Balaban J connectivity index is 3.93. The molecule has 0 aromatic heterocycles. The molecule has 16 heavy (non-hydrogen) atoms. The van der Waals surface area contributed by atoms with E-state index in [1.807, 2.05) is 13.0 Å². The lowest BCUT2D eigenvalue weighted by Gasteiger charge is -2.24. The third-order valence-electron chi connectivity index (χ3n) is 3.10. The smallest absolute Gasteiger partial charge is 0.121 e. The topological polar surface area (TPSA) is 29.5 Å². The summed E-state index contributed by atoms with van der Waals surface area (Å²) in [4.78, 5) is 4.67. The van der Waals surface area contributed by atoms with Gasteiger partial charge in [0.15, 0.2) is 0 Å². The summed E-state index contributed by atoms with van der Waals surface area (Å²) in [6, 6.07) is 0. The molecule has 1 atom stereocenters. The second kappa shape index (κ2) is 9.86. The van der Waals surface area contributed by atoms with Crippen LogP contribution in [0.4, 0.5) is 0 Å². The van der Waals surface area contributed by atoms with E-state index in [1.165, 1.54) is 25.7 Å². The number of hydrogen-bond donors (Lipinski definition) is 1. The first-order valence-corrected chi connectivity index (χ1v) is 6.75. The van der Waals surface area contributed by atoms with Crippen molar-refractivity contribution in [2.75, 3.05) is 0 Å². The van der Waals surface area contributed by atoms with Crippen LogP contribution in [0.25, 0.3) is 0 Å². The summed E-state index contributed by atoms with van der Waals surface area (Å²) >= 11 is 0. The van der Waals surface area contributed by atoms with Crippen molar-refractivity contribution < 1.29 is 10.1 Å². The third kappa shape index (κ3) is 6.29. The molecule has 0 aliphatic rings. The molecule has 0 fully saturated rings. The summed E-state index contributed by atoms with van der Waals surface area (Å²) in [6.45, 7) is 6.38. The first-order valence-electron chi connectivity index (χ1n) is 6.75. The molecule has 2 heteroatoms. The maximum absolute atomic E-state index is 9.00. The molecule has 1 N–H and O–H groups in total. The predicted molar refractivity (Wildman–Crippen MR) is 69.5 cm³/mol. The first-order chi connectivity index (χ1) is 7.74. The monoisotopic (exact) mass is 228 g/mol. The molecule has 0 rings (SSSR count). The molecule has 0 saturated heterocycles. The van der Waals surface area contributed by atoms with Gasteiger partial charge in [0.2, 0.25) is 0 Å². The van der Waals surface area contributed by atoms with Crippen molar-refractivity contribution in [3.63, 3.8) is 0 Å². The summed E-state index contributed by atoms with van der Waals surface area (Å²) in [5, 5.41) is 9.00. The van der Waals surface area contributed by atoms with Crippen LogP contribution in [-0.2, 0) is 4.89 Å². The summed E-state index contributed by atoms with van der Waals surface area (Å²) in [5.74, 6) is 0. The van der Waals surface area contributed by atoms with Gasteiger partial charge >= 0.3 is 0 Å². The van der Waals surface area contributed by atoms with Gasteiger partial charge in [0.25, 0.3) is 0 Å². The molecule has 0 aromatic rings.